The largest absolute Gasteiger partial charge is 0.417 e. The van der Waals surface area contributed by atoms with Crippen molar-refractivity contribution in [3.05, 3.63) is 104 Å². The zero-order valence-electron chi connectivity index (χ0n) is 22.1. The molecule has 3 aromatic rings. The topological polar surface area (TPSA) is 43.9 Å². The molecular weight excluding hydrogens is 430 g/mol. The lowest BCUT2D eigenvalue weighted by molar-refractivity contribution is 0.523. The molecule has 0 fully saturated rings. The minimum Gasteiger partial charge on any atom is -0.417 e. The van der Waals surface area contributed by atoms with Crippen LogP contribution in [0.2, 0.25) is 0 Å². The Hall–Kier alpha value is -3.92. The van der Waals surface area contributed by atoms with Crippen LogP contribution in [-0.2, 0) is 0 Å². The van der Waals surface area contributed by atoms with Crippen molar-refractivity contribution in [2.45, 2.75) is 48.0 Å². The third kappa shape index (κ3) is 6.80. The summed E-state index contributed by atoms with van der Waals surface area (Å²) < 4.78 is 8.00. The highest BCUT2D eigenvalue weighted by Gasteiger charge is 2.16. The van der Waals surface area contributed by atoms with Crippen molar-refractivity contribution >= 4 is 39.9 Å². The zero-order chi connectivity index (χ0) is 26.4. The molecule has 2 aromatic heterocycles. The molecule has 0 N–H and O–H groups in total. The Balaban J connectivity index is 0.00000114. The number of hydrogen-bond donors (Lipinski definition) is 0. The molecule has 0 spiro atoms. The lowest BCUT2D eigenvalue weighted by Crippen LogP contribution is -1.98. The van der Waals surface area contributed by atoms with E-state index in [1.807, 2.05) is 71.1 Å². The van der Waals surface area contributed by atoms with Gasteiger partial charge in [-0.15, -0.1) is 16.8 Å². The fourth-order valence-corrected chi connectivity index (χ4v) is 3.52. The fraction of sp³-hybridized carbons (Fsp3) is 0.226. The maximum absolute atomic E-state index is 5.85. The van der Waals surface area contributed by atoms with E-state index < -0.39 is 0 Å². The summed E-state index contributed by atoms with van der Waals surface area (Å²) in [5, 5.41) is 9.47. The highest BCUT2D eigenvalue weighted by Crippen LogP contribution is 2.32. The SMILES string of the molecule is C=C/C(=C\C(=C)c1nnc(/C(=C/C)CC)o1)n1c(/C=C\C)c(C=C)c2ccccc21.C=CC.CC. The van der Waals surface area contributed by atoms with Gasteiger partial charge in [-0.3, -0.25) is 0 Å². The van der Waals surface area contributed by atoms with Gasteiger partial charge in [0.15, 0.2) is 0 Å². The summed E-state index contributed by atoms with van der Waals surface area (Å²) >= 11 is 0. The van der Waals surface area contributed by atoms with Crippen molar-refractivity contribution in [2.24, 2.45) is 0 Å². The van der Waals surface area contributed by atoms with Gasteiger partial charge in [0.25, 0.3) is 0 Å². The number of benzene rings is 1. The van der Waals surface area contributed by atoms with Gasteiger partial charge in [0, 0.05) is 27.8 Å². The monoisotopic (exact) mass is 469 g/mol. The standard InChI is InChI=1S/C26H27N3O.C3H6.C2H6/c1-7-14-23-21(11-5)22-15-12-13-16-24(22)29(23)20(10-4)17-18(6)25-27-28-26(30-25)19(8-2)9-3;1-3-2;1-2/h7-8,10-17H,4-6,9H2,1-3H3;3H,1H2,2H3;1-2H3/b14-7-,19-8+,20-17+;;. The maximum atomic E-state index is 5.85. The Morgan fingerprint density at radius 1 is 1.03 bits per heavy atom. The normalized spacial score (nSPS) is 11.4. The van der Waals surface area contributed by atoms with Crippen molar-refractivity contribution in [1.29, 1.82) is 0 Å². The van der Waals surface area contributed by atoms with Crippen LogP contribution in [0.3, 0.4) is 0 Å². The lowest BCUT2D eigenvalue weighted by Gasteiger charge is -2.11. The Morgan fingerprint density at radius 2 is 1.66 bits per heavy atom. The number of hydrogen-bond acceptors (Lipinski definition) is 3. The summed E-state index contributed by atoms with van der Waals surface area (Å²) in [5.74, 6) is 0.921. The summed E-state index contributed by atoms with van der Waals surface area (Å²) in [7, 11) is 0. The predicted molar refractivity (Wildman–Crippen MR) is 156 cm³/mol. The van der Waals surface area contributed by atoms with Gasteiger partial charge in [-0.1, -0.05) is 83.0 Å². The van der Waals surface area contributed by atoms with Gasteiger partial charge in [-0.25, -0.2) is 0 Å². The molecule has 0 atom stereocenters. The quantitative estimate of drug-likeness (QED) is 0.244. The minimum absolute atomic E-state index is 0.394. The van der Waals surface area contributed by atoms with Crippen LogP contribution in [0.15, 0.2) is 85.4 Å². The molecule has 0 saturated heterocycles. The van der Waals surface area contributed by atoms with Crippen molar-refractivity contribution in [3.8, 4) is 0 Å². The van der Waals surface area contributed by atoms with Crippen molar-refractivity contribution < 1.29 is 4.42 Å². The Labute approximate surface area is 211 Å². The summed E-state index contributed by atoms with van der Waals surface area (Å²) in [5.41, 5.74) is 5.66. The first-order valence-corrected chi connectivity index (χ1v) is 12.0. The molecule has 0 aliphatic rings. The van der Waals surface area contributed by atoms with E-state index in [2.05, 4.69) is 66.2 Å². The second-order valence-electron chi connectivity index (χ2n) is 7.14. The number of fused-ring (bicyclic) bond motifs is 1. The summed E-state index contributed by atoms with van der Waals surface area (Å²) in [6, 6.07) is 8.23. The van der Waals surface area contributed by atoms with Crippen LogP contribution in [0.5, 0.6) is 0 Å². The molecular formula is C31H39N3O. The Bertz CT molecular complexity index is 1250. The maximum Gasteiger partial charge on any atom is 0.247 e. The molecule has 2 heterocycles. The summed E-state index contributed by atoms with van der Waals surface area (Å²) in [6.07, 6.45) is 14.2. The number of nitrogens with zero attached hydrogens (tertiary/aromatic N) is 3. The van der Waals surface area contributed by atoms with Crippen LogP contribution in [0, 0.1) is 0 Å². The molecule has 35 heavy (non-hydrogen) atoms. The molecule has 0 amide bonds. The van der Waals surface area contributed by atoms with Crippen LogP contribution in [-0.4, -0.2) is 14.8 Å². The first-order valence-electron chi connectivity index (χ1n) is 12.0. The lowest BCUT2D eigenvalue weighted by atomic mass is 10.1. The van der Waals surface area contributed by atoms with Gasteiger partial charge in [-0.2, -0.15) is 0 Å². The molecule has 1 aromatic carbocycles. The van der Waals surface area contributed by atoms with Gasteiger partial charge in [-0.05, 0) is 51.5 Å². The summed E-state index contributed by atoms with van der Waals surface area (Å²) in [4.78, 5) is 0. The average Bonchev–Trinajstić information content (AvgIpc) is 3.48. The van der Waals surface area contributed by atoms with Gasteiger partial charge >= 0.3 is 0 Å². The molecule has 0 radical (unpaired) electrons. The molecule has 0 aliphatic heterocycles. The van der Waals surface area contributed by atoms with Crippen LogP contribution in [0.1, 0.15) is 71.0 Å². The highest BCUT2D eigenvalue weighted by atomic mass is 16.4. The second kappa shape index (κ2) is 15.1. The first-order chi connectivity index (χ1) is 17.0. The minimum atomic E-state index is 0.394. The van der Waals surface area contributed by atoms with Crippen LogP contribution < -0.4 is 0 Å². The van der Waals surface area contributed by atoms with E-state index in [4.69, 9.17) is 4.42 Å². The van der Waals surface area contributed by atoms with Crippen molar-refractivity contribution in [2.75, 3.05) is 0 Å². The molecule has 3 rings (SSSR count). The molecule has 4 heteroatoms. The Morgan fingerprint density at radius 3 is 2.20 bits per heavy atom. The van der Waals surface area contributed by atoms with E-state index in [0.29, 0.717) is 17.4 Å². The highest BCUT2D eigenvalue weighted by molar-refractivity contribution is 5.97. The zero-order valence-corrected chi connectivity index (χ0v) is 22.1. The van der Waals surface area contributed by atoms with Crippen LogP contribution in [0.25, 0.3) is 39.9 Å². The number of allylic oxidation sites excluding steroid dienone is 8. The van der Waals surface area contributed by atoms with Crippen molar-refractivity contribution in [3.63, 3.8) is 0 Å². The molecule has 0 saturated carbocycles. The molecule has 184 valence electrons. The number of aromatic nitrogens is 3. The Kier molecular flexibility index (Phi) is 12.5. The second-order valence-corrected chi connectivity index (χ2v) is 7.14. The van der Waals surface area contributed by atoms with Crippen molar-refractivity contribution in [1.82, 2.24) is 14.8 Å². The summed E-state index contributed by atoms with van der Waals surface area (Å²) in [6.45, 7) is 27.5. The third-order valence-electron chi connectivity index (χ3n) is 4.97. The van der Waals surface area contributed by atoms with Gasteiger partial charge in [0.05, 0.1) is 11.2 Å². The number of para-hydroxylation sites is 1. The molecule has 0 bridgehead atoms. The van der Waals surface area contributed by atoms with E-state index >= 15 is 0 Å². The van der Waals surface area contributed by atoms with E-state index in [1.54, 1.807) is 12.2 Å². The van der Waals surface area contributed by atoms with Gasteiger partial charge in [0.2, 0.25) is 11.8 Å². The number of rotatable bonds is 8. The predicted octanol–water partition coefficient (Wildman–Crippen LogP) is 9.47. The molecule has 0 aliphatic carbocycles. The van der Waals surface area contributed by atoms with Gasteiger partial charge < -0.3 is 8.98 Å². The van der Waals surface area contributed by atoms with E-state index in [1.165, 1.54) is 0 Å². The van der Waals surface area contributed by atoms with E-state index in [0.717, 1.165) is 39.9 Å². The smallest absolute Gasteiger partial charge is 0.247 e. The van der Waals surface area contributed by atoms with E-state index in [-0.39, 0.29) is 0 Å². The third-order valence-corrected chi connectivity index (χ3v) is 4.97. The molecule has 4 nitrogen and oxygen atoms in total. The van der Waals surface area contributed by atoms with Gasteiger partial charge in [0.1, 0.15) is 0 Å². The van der Waals surface area contributed by atoms with E-state index in [9.17, 15) is 0 Å². The molecule has 0 unspecified atom stereocenters. The average molecular weight is 470 g/mol. The first kappa shape index (κ1) is 29.1. The fourth-order valence-electron chi connectivity index (χ4n) is 3.52. The van der Waals surface area contributed by atoms with Crippen LogP contribution >= 0.6 is 0 Å². The van der Waals surface area contributed by atoms with Crippen LogP contribution in [0.4, 0.5) is 0 Å².